The molecule has 2 aliphatic carbocycles. The first kappa shape index (κ1) is 8.18. The van der Waals surface area contributed by atoms with Crippen LogP contribution >= 0.6 is 0 Å². The van der Waals surface area contributed by atoms with E-state index in [0.717, 1.165) is 19.3 Å². The molecular weight excluding hydrogens is 232 g/mol. The molecular formula is C15H23F2N. The zero-order chi connectivity index (χ0) is 16.4. The maximum Gasteiger partial charge on any atom is 0.255 e. The minimum atomic E-state index is -3.00. The summed E-state index contributed by atoms with van der Waals surface area (Å²) in [6.07, 6.45) is 0.275. The van der Waals surface area contributed by atoms with E-state index < -0.39 is 36.2 Å². The zero-order valence-electron chi connectivity index (χ0n) is 15.0. The van der Waals surface area contributed by atoms with E-state index in [4.69, 9.17) is 5.48 Å². The smallest absolute Gasteiger partial charge is 0.255 e. The number of halogens is 2. The molecule has 0 amide bonds. The second-order valence-electron chi connectivity index (χ2n) is 7.09. The Morgan fingerprint density at radius 3 is 2.39 bits per heavy atom. The number of nitrogens with zero attached hydrogens (tertiary/aromatic N) is 1. The minimum Gasteiger partial charge on any atom is -0.296 e. The predicted molar refractivity (Wildman–Crippen MR) is 66.7 cm³/mol. The maximum atomic E-state index is 14.1. The summed E-state index contributed by atoms with van der Waals surface area (Å²) in [5, 5.41) is 0. The van der Waals surface area contributed by atoms with Crippen LogP contribution in [0.15, 0.2) is 0 Å². The third-order valence-electron chi connectivity index (χ3n) is 5.54. The van der Waals surface area contributed by atoms with Crippen LogP contribution < -0.4 is 0 Å². The molecule has 4 rings (SSSR count). The normalized spacial score (nSPS) is 54.1. The number of fused-ring (bicyclic) bond motifs is 2. The summed E-state index contributed by atoms with van der Waals surface area (Å²) in [4.78, 5) is 1.52. The Hall–Kier alpha value is -0.180. The number of hydrogen-bond donors (Lipinski definition) is 0. The van der Waals surface area contributed by atoms with Gasteiger partial charge in [0.15, 0.2) is 0 Å². The molecule has 0 radical (unpaired) electrons. The van der Waals surface area contributed by atoms with Crippen molar-refractivity contribution in [2.75, 3.05) is 13.0 Å². The number of hydrogen-bond acceptors (Lipinski definition) is 1. The lowest BCUT2D eigenvalue weighted by Gasteiger charge is -2.39. The van der Waals surface area contributed by atoms with Gasteiger partial charge in [0.2, 0.25) is 0 Å². The predicted octanol–water partition coefficient (Wildman–Crippen LogP) is 3.69. The second-order valence-corrected chi connectivity index (χ2v) is 7.09. The van der Waals surface area contributed by atoms with E-state index in [1.165, 1.54) is 4.90 Å². The molecule has 0 bridgehead atoms. The topological polar surface area (TPSA) is 3.24 Å². The summed E-state index contributed by atoms with van der Waals surface area (Å²) < 4.78 is 62.6. The van der Waals surface area contributed by atoms with Crippen molar-refractivity contribution in [3.63, 3.8) is 0 Å². The zero-order valence-corrected chi connectivity index (χ0v) is 11.0. The highest BCUT2D eigenvalue weighted by Gasteiger charge is 2.81. The van der Waals surface area contributed by atoms with Crippen LogP contribution in [0.25, 0.3) is 0 Å². The Morgan fingerprint density at radius 1 is 1.22 bits per heavy atom. The van der Waals surface area contributed by atoms with Crippen LogP contribution in [0, 0.1) is 16.7 Å². The van der Waals surface area contributed by atoms with Gasteiger partial charge in [0.1, 0.15) is 0 Å². The van der Waals surface area contributed by atoms with Gasteiger partial charge in [-0.25, -0.2) is 8.78 Å². The fourth-order valence-corrected chi connectivity index (χ4v) is 4.40. The molecule has 1 nitrogen and oxygen atoms in total. The van der Waals surface area contributed by atoms with Gasteiger partial charge in [-0.05, 0) is 49.9 Å². The molecule has 0 aromatic carbocycles. The van der Waals surface area contributed by atoms with Crippen LogP contribution in [0.5, 0.6) is 0 Å². The van der Waals surface area contributed by atoms with Crippen molar-refractivity contribution >= 4 is 0 Å². The molecule has 102 valence electrons. The quantitative estimate of drug-likeness (QED) is 0.731. The van der Waals surface area contributed by atoms with Gasteiger partial charge in [0.05, 0.1) is 5.41 Å². The molecule has 2 aliphatic heterocycles. The lowest BCUT2D eigenvalue weighted by atomic mass is 9.72. The van der Waals surface area contributed by atoms with Crippen molar-refractivity contribution in [3.05, 3.63) is 0 Å². The van der Waals surface area contributed by atoms with Crippen molar-refractivity contribution in [2.45, 2.75) is 63.8 Å². The monoisotopic (exact) mass is 259 g/mol. The number of rotatable bonds is 2. The van der Waals surface area contributed by atoms with Crippen LogP contribution in [0.2, 0.25) is 0 Å². The van der Waals surface area contributed by atoms with Crippen molar-refractivity contribution < 1.29 is 14.3 Å². The van der Waals surface area contributed by atoms with Gasteiger partial charge in [-0.2, -0.15) is 0 Å². The highest BCUT2D eigenvalue weighted by molar-refractivity contribution is 5.29. The van der Waals surface area contributed by atoms with Gasteiger partial charge >= 0.3 is 0 Å². The Labute approximate surface area is 114 Å². The largest absolute Gasteiger partial charge is 0.296 e. The molecule has 0 N–H and O–H groups in total. The van der Waals surface area contributed by atoms with Gasteiger partial charge in [0.25, 0.3) is 5.92 Å². The first-order chi connectivity index (χ1) is 9.90. The first-order valence-electron chi connectivity index (χ1n) is 9.06. The van der Waals surface area contributed by atoms with Gasteiger partial charge in [0, 0.05) is 23.9 Å². The highest BCUT2D eigenvalue weighted by Crippen LogP contribution is 2.77. The molecule has 2 atom stereocenters. The van der Waals surface area contributed by atoms with E-state index in [0.29, 0.717) is 6.54 Å². The molecule has 2 spiro atoms. The summed E-state index contributed by atoms with van der Waals surface area (Å²) in [7, 11) is 0. The van der Waals surface area contributed by atoms with E-state index in [1.807, 2.05) is 0 Å². The van der Waals surface area contributed by atoms with Crippen molar-refractivity contribution in [1.29, 1.82) is 0 Å². The van der Waals surface area contributed by atoms with Crippen LogP contribution in [0.3, 0.4) is 0 Å². The van der Waals surface area contributed by atoms with Gasteiger partial charge in [-0.15, -0.1) is 0 Å². The Morgan fingerprint density at radius 2 is 1.89 bits per heavy atom. The summed E-state index contributed by atoms with van der Waals surface area (Å²) in [5.74, 6) is -3.33. The molecule has 0 unspecified atom stereocenters. The highest BCUT2D eigenvalue weighted by atomic mass is 19.3. The Kier molecular flexibility index (Phi) is 1.34. The maximum absolute atomic E-state index is 14.1. The summed E-state index contributed by atoms with van der Waals surface area (Å²) in [6.45, 7) is 1.85. The van der Waals surface area contributed by atoms with Crippen LogP contribution in [0.1, 0.15) is 57.8 Å². The minimum absolute atomic E-state index is 0.0365. The summed E-state index contributed by atoms with van der Waals surface area (Å²) in [6, 6.07) is 0. The fraction of sp³-hybridized carbons (Fsp3) is 1.00. The van der Waals surface area contributed by atoms with E-state index >= 15 is 0 Å². The summed E-state index contributed by atoms with van der Waals surface area (Å²) >= 11 is 0. The standard InChI is InChI=1S/C15H23F2N/c1-11(2)7-14-8-13(9-15(13,16)17)10-18(14)6-5-12(14)3-4-12/h11H,3-10H2,1-2H3/t13-,14-/m1/s1/i7D2,10D2. The number of alkyl halides is 2. The fourth-order valence-electron chi connectivity index (χ4n) is 4.40. The van der Waals surface area contributed by atoms with Gasteiger partial charge in [-0.1, -0.05) is 13.8 Å². The van der Waals surface area contributed by atoms with Crippen LogP contribution in [0.4, 0.5) is 8.78 Å². The molecule has 4 fully saturated rings. The van der Waals surface area contributed by atoms with Gasteiger partial charge in [-0.3, -0.25) is 4.90 Å². The van der Waals surface area contributed by atoms with E-state index in [9.17, 15) is 8.78 Å². The second kappa shape index (κ2) is 2.94. The third kappa shape index (κ3) is 1.16. The Bertz CT molecular complexity index is 546. The third-order valence-corrected chi connectivity index (χ3v) is 5.54. The average molecular weight is 259 g/mol. The van der Waals surface area contributed by atoms with E-state index in [2.05, 4.69) is 0 Å². The lowest BCUT2D eigenvalue weighted by Crippen LogP contribution is -2.45. The van der Waals surface area contributed by atoms with E-state index in [1.54, 1.807) is 13.8 Å². The molecule has 3 heteroatoms. The van der Waals surface area contributed by atoms with Crippen LogP contribution in [-0.2, 0) is 0 Å². The van der Waals surface area contributed by atoms with Crippen molar-refractivity contribution in [1.82, 2.24) is 4.90 Å². The molecule has 2 saturated heterocycles. The van der Waals surface area contributed by atoms with Crippen molar-refractivity contribution in [3.8, 4) is 0 Å². The molecule has 2 heterocycles. The van der Waals surface area contributed by atoms with E-state index in [-0.39, 0.29) is 17.8 Å². The molecule has 18 heavy (non-hydrogen) atoms. The molecule has 4 aliphatic rings. The first-order valence-corrected chi connectivity index (χ1v) is 7.06. The summed E-state index contributed by atoms with van der Waals surface area (Å²) in [5.41, 5.74) is -3.05. The molecule has 2 saturated carbocycles. The SMILES string of the molecule is [2H]C1([2H])N2CCC3(CC3)[C@@]2(C([2H])([2H])C(C)C)C[C@@]12CC2(F)F. The molecule has 0 aromatic heterocycles. The Balaban J connectivity index is 1.90. The average Bonchev–Trinajstić information content (AvgIpc) is 3.18. The lowest BCUT2D eigenvalue weighted by molar-refractivity contribution is 0.0629. The van der Waals surface area contributed by atoms with Crippen LogP contribution in [-0.4, -0.2) is 29.4 Å². The van der Waals surface area contributed by atoms with Gasteiger partial charge < -0.3 is 0 Å². The molecule has 0 aromatic rings. The van der Waals surface area contributed by atoms with Crippen molar-refractivity contribution in [2.24, 2.45) is 16.7 Å².